The van der Waals surface area contributed by atoms with Crippen molar-refractivity contribution in [1.82, 2.24) is 20.1 Å². The zero-order valence-corrected chi connectivity index (χ0v) is 13.4. The molecule has 5 heteroatoms. The van der Waals surface area contributed by atoms with Crippen LogP contribution in [-0.4, -0.2) is 21.3 Å². The second-order valence-electron chi connectivity index (χ2n) is 5.07. The lowest BCUT2D eigenvalue weighted by Crippen LogP contribution is -2.26. The van der Waals surface area contributed by atoms with Crippen LogP contribution in [0.25, 0.3) is 0 Å². The van der Waals surface area contributed by atoms with Crippen molar-refractivity contribution in [3.05, 3.63) is 34.0 Å². The van der Waals surface area contributed by atoms with Gasteiger partial charge in [0.2, 0.25) is 0 Å². The minimum absolute atomic E-state index is 0.301. The molecule has 4 nitrogen and oxygen atoms in total. The van der Waals surface area contributed by atoms with Crippen molar-refractivity contribution in [1.29, 1.82) is 0 Å². The maximum atomic E-state index is 4.59. The van der Waals surface area contributed by atoms with Gasteiger partial charge < -0.3 is 5.32 Å². The molecule has 20 heavy (non-hydrogen) atoms. The molecule has 0 amide bonds. The van der Waals surface area contributed by atoms with Crippen molar-refractivity contribution >= 4 is 11.3 Å². The van der Waals surface area contributed by atoms with Gasteiger partial charge in [-0.3, -0.25) is 4.68 Å². The summed E-state index contributed by atoms with van der Waals surface area (Å²) in [7, 11) is 0. The minimum atomic E-state index is 0.301. The van der Waals surface area contributed by atoms with Crippen LogP contribution in [0.1, 0.15) is 49.1 Å². The number of aryl methyl sites for hydroxylation is 2. The molecule has 2 rings (SSSR count). The Kier molecular flexibility index (Phi) is 5.73. The van der Waals surface area contributed by atoms with Crippen LogP contribution in [-0.2, 0) is 13.0 Å². The Hall–Kier alpha value is -1.20. The Labute approximate surface area is 125 Å². The van der Waals surface area contributed by atoms with E-state index in [9.17, 15) is 0 Å². The molecule has 0 aromatic carbocycles. The molecule has 1 atom stereocenters. The fraction of sp³-hybridized carbons (Fsp3) is 0.600. The second-order valence-corrected chi connectivity index (χ2v) is 6.02. The van der Waals surface area contributed by atoms with Crippen LogP contribution in [0.4, 0.5) is 0 Å². The van der Waals surface area contributed by atoms with E-state index in [-0.39, 0.29) is 0 Å². The Morgan fingerprint density at radius 1 is 1.35 bits per heavy atom. The number of hydrogen-bond donors (Lipinski definition) is 1. The third-order valence-corrected chi connectivity index (χ3v) is 4.22. The molecule has 0 spiro atoms. The maximum Gasteiger partial charge on any atom is 0.0947 e. The number of nitrogens with zero attached hydrogens (tertiary/aromatic N) is 3. The van der Waals surface area contributed by atoms with Crippen molar-refractivity contribution < 1.29 is 0 Å². The highest BCUT2D eigenvalue weighted by Crippen LogP contribution is 2.21. The maximum absolute atomic E-state index is 4.59. The third-order valence-electron chi connectivity index (χ3n) is 3.23. The van der Waals surface area contributed by atoms with Crippen molar-refractivity contribution in [2.75, 3.05) is 6.54 Å². The van der Waals surface area contributed by atoms with Crippen LogP contribution in [0.2, 0.25) is 0 Å². The predicted molar refractivity (Wildman–Crippen MR) is 84.1 cm³/mol. The van der Waals surface area contributed by atoms with Crippen LogP contribution in [0.5, 0.6) is 0 Å². The standard InChI is InChI=1S/C15H24N4S/c1-4-7-16-13(10-15-18-12(3)11-20-15)14-6-8-17-19(14)9-5-2/h6,8,11,13,16H,4-5,7,9-10H2,1-3H3. The molecular formula is C15H24N4S. The van der Waals surface area contributed by atoms with Crippen LogP contribution < -0.4 is 5.32 Å². The Morgan fingerprint density at radius 3 is 2.85 bits per heavy atom. The first-order valence-corrected chi connectivity index (χ1v) is 8.28. The SMILES string of the molecule is CCCNC(Cc1nc(C)cs1)c1ccnn1CCC. The Bertz CT molecular complexity index is 517. The fourth-order valence-electron chi connectivity index (χ4n) is 2.31. The Balaban J connectivity index is 2.15. The van der Waals surface area contributed by atoms with Gasteiger partial charge >= 0.3 is 0 Å². The molecular weight excluding hydrogens is 268 g/mol. The quantitative estimate of drug-likeness (QED) is 0.811. The monoisotopic (exact) mass is 292 g/mol. The van der Waals surface area contributed by atoms with Crippen LogP contribution >= 0.6 is 11.3 Å². The highest BCUT2D eigenvalue weighted by atomic mass is 32.1. The topological polar surface area (TPSA) is 42.7 Å². The van der Waals surface area contributed by atoms with E-state index in [4.69, 9.17) is 0 Å². The van der Waals surface area contributed by atoms with E-state index in [1.807, 2.05) is 6.20 Å². The molecule has 2 aromatic heterocycles. The summed E-state index contributed by atoms with van der Waals surface area (Å²) in [5.41, 5.74) is 2.38. The summed E-state index contributed by atoms with van der Waals surface area (Å²) in [6.07, 6.45) is 5.08. The van der Waals surface area contributed by atoms with Gasteiger partial charge in [0.1, 0.15) is 0 Å². The highest BCUT2D eigenvalue weighted by molar-refractivity contribution is 7.09. The summed E-state index contributed by atoms with van der Waals surface area (Å²) in [6.45, 7) is 8.43. The number of nitrogens with one attached hydrogen (secondary N) is 1. The summed E-state index contributed by atoms with van der Waals surface area (Å²) in [5, 5.41) is 11.4. The molecule has 0 aliphatic rings. The lowest BCUT2D eigenvalue weighted by molar-refractivity contribution is 0.468. The number of hydrogen-bond acceptors (Lipinski definition) is 4. The molecule has 2 aromatic rings. The molecule has 110 valence electrons. The molecule has 0 aliphatic heterocycles. The van der Waals surface area contributed by atoms with Crippen LogP contribution in [0, 0.1) is 6.92 Å². The summed E-state index contributed by atoms with van der Waals surface area (Å²) in [5.74, 6) is 0. The van der Waals surface area contributed by atoms with Crippen LogP contribution in [0.15, 0.2) is 17.6 Å². The van der Waals surface area contributed by atoms with Crippen molar-refractivity contribution in [2.24, 2.45) is 0 Å². The molecule has 0 bridgehead atoms. The van der Waals surface area contributed by atoms with E-state index < -0.39 is 0 Å². The van der Waals surface area contributed by atoms with Gasteiger partial charge in [-0.15, -0.1) is 11.3 Å². The zero-order chi connectivity index (χ0) is 14.4. The molecule has 1 N–H and O–H groups in total. The fourth-order valence-corrected chi connectivity index (χ4v) is 3.13. The first kappa shape index (κ1) is 15.2. The van der Waals surface area contributed by atoms with E-state index in [1.54, 1.807) is 11.3 Å². The van der Waals surface area contributed by atoms with Gasteiger partial charge in [-0.25, -0.2) is 4.98 Å². The molecule has 0 saturated heterocycles. The van der Waals surface area contributed by atoms with Gasteiger partial charge in [0, 0.05) is 30.2 Å². The summed E-state index contributed by atoms with van der Waals surface area (Å²) in [4.78, 5) is 4.59. The van der Waals surface area contributed by atoms with Gasteiger partial charge in [0.25, 0.3) is 0 Å². The minimum Gasteiger partial charge on any atom is -0.308 e. The Morgan fingerprint density at radius 2 is 2.20 bits per heavy atom. The van der Waals surface area contributed by atoms with Gasteiger partial charge in [-0.1, -0.05) is 13.8 Å². The summed E-state index contributed by atoms with van der Waals surface area (Å²) < 4.78 is 2.12. The normalized spacial score (nSPS) is 12.8. The van der Waals surface area contributed by atoms with E-state index in [1.165, 1.54) is 10.7 Å². The van der Waals surface area contributed by atoms with E-state index >= 15 is 0 Å². The summed E-state index contributed by atoms with van der Waals surface area (Å²) in [6, 6.07) is 2.43. The average Bonchev–Trinajstić information content (AvgIpc) is 3.04. The van der Waals surface area contributed by atoms with Gasteiger partial charge in [0.15, 0.2) is 0 Å². The highest BCUT2D eigenvalue weighted by Gasteiger charge is 2.17. The first-order chi connectivity index (χ1) is 9.74. The van der Waals surface area contributed by atoms with E-state index in [2.05, 4.69) is 52.3 Å². The van der Waals surface area contributed by atoms with Crippen LogP contribution in [0.3, 0.4) is 0 Å². The lowest BCUT2D eigenvalue weighted by Gasteiger charge is -2.19. The number of aromatic nitrogens is 3. The largest absolute Gasteiger partial charge is 0.308 e. The molecule has 1 unspecified atom stereocenters. The lowest BCUT2D eigenvalue weighted by atomic mass is 10.1. The second kappa shape index (κ2) is 7.55. The van der Waals surface area contributed by atoms with E-state index in [0.717, 1.165) is 38.0 Å². The number of rotatable bonds is 8. The molecule has 0 fully saturated rings. The zero-order valence-electron chi connectivity index (χ0n) is 12.6. The molecule has 0 aliphatic carbocycles. The number of thiazole rings is 1. The van der Waals surface area contributed by atoms with Gasteiger partial charge in [-0.05, 0) is 32.4 Å². The third kappa shape index (κ3) is 3.90. The molecule has 2 heterocycles. The molecule has 0 radical (unpaired) electrons. The smallest absolute Gasteiger partial charge is 0.0947 e. The van der Waals surface area contributed by atoms with Gasteiger partial charge in [0.05, 0.1) is 16.7 Å². The van der Waals surface area contributed by atoms with Crippen molar-refractivity contribution in [2.45, 2.75) is 52.6 Å². The van der Waals surface area contributed by atoms with Gasteiger partial charge in [-0.2, -0.15) is 5.10 Å². The van der Waals surface area contributed by atoms with Crippen molar-refractivity contribution in [3.8, 4) is 0 Å². The molecule has 0 saturated carbocycles. The average molecular weight is 292 g/mol. The van der Waals surface area contributed by atoms with E-state index in [0.29, 0.717) is 6.04 Å². The summed E-state index contributed by atoms with van der Waals surface area (Å²) >= 11 is 1.75. The first-order valence-electron chi connectivity index (χ1n) is 7.40. The predicted octanol–water partition coefficient (Wildman–Crippen LogP) is 3.34. The van der Waals surface area contributed by atoms with Crippen molar-refractivity contribution in [3.63, 3.8) is 0 Å².